The van der Waals surface area contributed by atoms with E-state index >= 15 is 0 Å². The van der Waals surface area contributed by atoms with Crippen LogP contribution in [0.3, 0.4) is 0 Å². The molecule has 1 heterocycles. The van der Waals surface area contributed by atoms with Gasteiger partial charge in [0.2, 0.25) is 0 Å². The topological polar surface area (TPSA) is 35.5 Å². The quantitative estimate of drug-likeness (QED) is 0.615. The Balaban J connectivity index is 1.42. The van der Waals surface area contributed by atoms with Gasteiger partial charge >= 0.3 is 0 Å². The van der Waals surface area contributed by atoms with E-state index in [9.17, 15) is 4.79 Å². The Labute approximate surface area is 157 Å². The van der Waals surface area contributed by atoms with Crippen LogP contribution < -0.4 is 0 Å². The average molecular weight is 357 g/mol. The summed E-state index contributed by atoms with van der Waals surface area (Å²) in [7, 11) is 0. The fourth-order valence-corrected chi connectivity index (χ4v) is 6.32. The molecule has 3 atom stereocenters. The van der Waals surface area contributed by atoms with Gasteiger partial charge in [-0.2, -0.15) is 0 Å². The predicted molar refractivity (Wildman–Crippen MR) is 101 cm³/mol. The lowest BCUT2D eigenvalue weighted by Gasteiger charge is -2.50. The van der Waals surface area contributed by atoms with Crippen molar-refractivity contribution in [2.45, 2.75) is 77.9 Å². The molecule has 0 aromatic heterocycles. The van der Waals surface area contributed by atoms with Crippen molar-refractivity contribution in [2.24, 2.45) is 22.7 Å². The first kappa shape index (κ1) is 17.2. The van der Waals surface area contributed by atoms with Crippen molar-refractivity contribution in [3.63, 3.8) is 0 Å². The van der Waals surface area contributed by atoms with Crippen LogP contribution in [0.25, 0.3) is 0 Å². The lowest BCUT2D eigenvalue weighted by atomic mass is 9.58. The lowest BCUT2D eigenvalue weighted by molar-refractivity contribution is -0.302. The fraction of sp³-hybridized carbons (Fsp3) is 0.783. The first-order valence-electron chi connectivity index (χ1n) is 10.5. The Bertz CT molecular complexity index is 703. The van der Waals surface area contributed by atoms with Crippen LogP contribution >= 0.6 is 0 Å². The van der Waals surface area contributed by atoms with Gasteiger partial charge in [-0.05, 0) is 55.1 Å². The molecule has 5 aliphatic rings. The Kier molecular flexibility index (Phi) is 3.66. The minimum absolute atomic E-state index is 0.0801. The van der Waals surface area contributed by atoms with Gasteiger partial charge in [0.25, 0.3) is 0 Å². The molecular formula is C23H32O3. The van der Waals surface area contributed by atoms with Crippen molar-refractivity contribution >= 4 is 5.78 Å². The van der Waals surface area contributed by atoms with Crippen LogP contribution in [0.1, 0.15) is 72.1 Å². The Morgan fingerprint density at radius 1 is 1.04 bits per heavy atom. The monoisotopic (exact) mass is 356 g/mol. The predicted octanol–water partition coefficient (Wildman–Crippen LogP) is 4.96. The van der Waals surface area contributed by atoms with Gasteiger partial charge in [-0.1, -0.05) is 32.4 Å². The second-order valence-corrected chi connectivity index (χ2v) is 10.4. The highest BCUT2D eigenvalue weighted by Gasteiger charge is 2.53. The fourth-order valence-electron chi connectivity index (χ4n) is 6.32. The molecule has 0 aromatic carbocycles. The van der Waals surface area contributed by atoms with Crippen LogP contribution in [0, 0.1) is 22.7 Å². The maximum absolute atomic E-state index is 12.5. The molecule has 3 nitrogen and oxygen atoms in total. The highest BCUT2D eigenvalue weighted by Crippen LogP contribution is 2.58. The second-order valence-electron chi connectivity index (χ2n) is 10.4. The highest BCUT2D eigenvalue weighted by atomic mass is 16.7. The molecule has 0 aromatic rings. The maximum Gasteiger partial charge on any atom is 0.172 e. The van der Waals surface area contributed by atoms with Gasteiger partial charge in [0.1, 0.15) is 5.78 Å². The molecule has 1 spiro atoms. The number of rotatable bonds is 0. The minimum Gasteiger partial charge on any atom is -0.349 e. The van der Waals surface area contributed by atoms with Crippen molar-refractivity contribution in [1.29, 1.82) is 0 Å². The third-order valence-corrected chi connectivity index (χ3v) is 7.99. The number of carbonyl (C=O) groups excluding carboxylic acids is 1. The van der Waals surface area contributed by atoms with E-state index in [1.165, 1.54) is 6.42 Å². The largest absolute Gasteiger partial charge is 0.349 e. The normalized spacial score (nSPS) is 40.7. The molecule has 0 amide bonds. The van der Waals surface area contributed by atoms with Crippen LogP contribution in [0.2, 0.25) is 0 Å². The second kappa shape index (κ2) is 5.54. The molecule has 1 aliphatic heterocycles. The molecule has 1 saturated carbocycles. The zero-order valence-electron chi connectivity index (χ0n) is 16.5. The van der Waals surface area contributed by atoms with Gasteiger partial charge in [0, 0.05) is 30.1 Å². The van der Waals surface area contributed by atoms with E-state index in [1.54, 1.807) is 16.7 Å². The summed E-state index contributed by atoms with van der Waals surface area (Å²) in [6.07, 6.45) is 10.7. The zero-order valence-corrected chi connectivity index (χ0v) is 16.5. The molecule has 0 N–H and O–H groups in total. The average Bonchev–Trinajstić information content (AvgIpc) is 2.93. The molecule has 0 bridgehead atoms. The van der Waals surface area contributed by atoms with E-state index in [1.807, 2.05) is 0 Å². The van der Waals surface area contributed by atoms with Crippen molar-refractivity contribution in [2.75, 3.05) is 13.2 Å². The van der Waals surface area contributed by atoms with Gasteiger partial charge in [-0.3, -0.25) is 4.79 Å². The summed E-state index contributed by atoms with van der Waals surface area (Å²) in [5.74, 6) is 1.32. The van der Waals surface area contributed by atoms with Gasteiger partial charge in [0.05, 0.1) is 13.2 Å². The number of carbonyl (C=O) groups is 1. The summed E-state index contributed by atoms with van der Waals surface area (Å²) in [5.41, 5.74) is 4.82. The summed E-state index contributed by atoms with van der Waals surface area (Å²) >= 11 is 0. The van der Waals surface area contributed by atoms with Crippen molar-refractivity contribution in [3.8, 4) is 0 Å². The molecule has 142 valence electrons. The molecule has 1 saturated heterocycles. The molecular weight excluding hydrogens is 324 g/mol. The zero-order chi connectivity index (χ0) is 18.2. The molecule has 3 heteroatoms. The van der Waals surface area contributed by atoms with Crippen LogP contribution in [0.15, 0.2) is 22.8 Å². The molecule has 5 rings (SSSR count). The van der Waals surface area contributed by atoms with Gasteiger partial charge in [0.15, 0.2) is 5.79 Å². The van der Waals surface area contributed by atoms with E-state index in [-0.39, 0.29) is 16.6 Å². The van der Waals surface area contributed by atoms with Gasteiger partial charge < -0.3 is 9.47 Å². The summed E-state index contributed by atoms with van der Waals surface area (Å²) in [6.45, 7) is 8.25. The summed E-state index contributed by atoms with van der Waals surface area (Å²) in [4.78, 5) is 12.5. The number of hydrogen-bond acceptors (Lipinski definition) is 3. The number of Topliss-reactive ketones (excluding diaryl/α,β-unsaturated/α-hetero) is 1. The number of hydrogen-bond donors (Lipinski definition) is 0. The Morgan fingerprint density at radius 3 is 2.58 bits per heavy atom. The van der Waals surface area contributed by atoms with Crippen LogP contribution in [0.5, 0.6) is 0 Å². The van der Waals surface area contributed by atoms with Crippen molar-refractivity contribution in [3.05, 3.63) is 22.8 Å². The number of fused-ring (bicyclic) bond motifs is 4. The van der Waals surface area contributed by atoms with Crippen LogP contribution in [-0.4, -0.2) is 24.8 Å². The molecule has 0 radical (unpaired) electrons. The summed E-state index contributed by atoms with van der Waals surface area (Å²) in [6, 6.07) is 0. The molecule has 26 heavy (non-hydrogen) atoms. The summed E-state index contributed by atoms with van der Waals surface area (Å²) < 4.78 is 12.6. The third kappa shape index (κ3) is 2.43. The van der Waals surface area contributed by atoms with Crippen LogP contribution in [-0.2, 0) is 14.3 Å². The van der Waals surface area contributed by atoms with Crippen LogP contribution in [0.4, 0.5) is 0 Å². The van der Waals surface area contributed by atoms with Crippen molar-refractivity contribution in [1.82, 2.24) is 0 Å². The third-order valence-electron chi connectivity index (χ3n) is 7.99. The van der Waals surface area contributed by atoms with E-state index in [0.29, 0.717) is 17.6 Å². The first-order valence-corrected chi connectivity index (χ1v) is 10.5. The first-order chi connectivity index (χ1) is 12.3. The highest BCUT2D eigenvalue weighted by molar-refractivity contribution is 5.87. The molecule has 0 unspecified atom stereocenters. The smallest absolute Gasteiger partial charge is 0.172 e. The van der Waals surface area contributed by atoms with Gasteiger partial charge in [-0.25, -0.2) is 0 Å². The number of allylic oxidation sites excluding steroid dienone is 3. The SMILES string of the molecule is CC1(C)COC2(CCC3=C(CC[C@H]4C3=CC[C@]3(C)C(=O)CC[C@@H]43)C2)OC1. The van der Waals surface area contributed by atoms with E-state index in [0.717, 1.165) is 58.2 Å². The Hall–Kier alpha value is -0.930. The number of ether oxygens (including phenoxy) is 2. The minimum atomic E-state index is -0.367. The number of ketones is 1. The molecule has 2 fully saturated rings. The van der Waals surface area contributed by atoms with Gasteiger partial charge in [-0.15, -0.1) is 0 Å². The summed E-state index contributed by atoms with van der Waals surface area (Å²) in [5, 5.41) is 0. The lowest BCUT2D eigenvalue weighted by Crippen LogP contribution is -2.49. The standard InChI is InChI=1S/C23H32O3/c1-21(2)13-25-23(26-14-21)11-9-16-15(12-23)4-5-18-17(16)8-10-22(3)19(18)6-7-20(22)24/h8,18-19H,4-7,9-14H2,1-3H3/t18-,19-,22-/m0/s1. The van der Waals surface area contributed by atoms with E-state index < -0.39 is 0 Å². The van der Waals surface area contributed by atoms with Crippen molar-refractivity contribution < 1.29 is 14.3 Å². The van der Waals surface area contributed by atoms with E-state index in [4.69, 9.17) is 9.47 Å². The maximum atomic E-state index is 12.5. The Morgan fingerprint density at radius 2 is 1.81 bits per heavy atom. The van der Waals surface area contributed by atoms with E-state index in [2.05, 4.69) is 26.8 Å². The molecule has 4 aliphatic carbocycles.